The first-order chi connectivity index (χ1) is 13.6. The lowest BCUT2D eigenvalue weighted by atomic mass is 10.1. The number of aliphatic hydroxyl groups is 1. The van der Waals surface area contributed by atoms with E-state index in [-0.39, 0.29) is 43.1 Å². The maximum atomic E-state index is 14.0. The minimum atomic E-state index is -1.23. The van der Waals surface area contributed by atoms with E-state index >= 15 is 0 Å². The van der Waals surface area contributed by atoms with Gasteiger partial charge in [-0.1, -0.05) is 27.2 Å². The van der Waals surface area contributed by atoms with E-state index in [0.29, 0.717) is 12.8 Å². The molecule has 1 fully saturated rings. The van der Waals surface area contributed by atoms with E-state index in [2.05, 4.69) is 16.0 Å². The minimum absolute atomic E-state index is 0.0159. The summed E-state index contributed by atoms with van der Waals surface area (Å²) in [5.74, 6) is -2.06. The zero-order valence-electron chi connectivity index (χ0n) is 17.5. The third-order valence-electron chi connectivity index (χ3n) is 4.75. The summed E-state index contributed by atoms with van der Waals surface area (Å²) >= 11 is 0. The first kappa shape index (κ1) is 24.8. The van der Waals surface area contributed by atoms with Crippen LogP contribution >= 0.6 is 0 Å². The molecule has 0 aromatic rings. The number of halogens is 1. The van der Waals surface area contributed by atoms with Gasteiger partial charge in [0.25, 0.3) is 0 Å². The number of nitrogens with one attached hydrogen (secondary N) is 3. The van der Waals surface area contributed by atoms with Gasteiger partial charge in [0.2, 0.25) is 23.6 Å². The quantitative estimate of drug-likeness (QED) is 0.381. The lowest BCUT2D eigenvalue weighted by Crippen LogP contribution is -2.54. The molecule has 0 saturated carbocycles. The van der Waals surface area contributed by atoms with Gasteiger partial charge < -0.3 is 26.0 Å². The summed E-state index contributed by atoms with van der Waals surface area (Å²) < 4.78 is 14.0. The predicted octanol–water partition coefficient (Wildman–Crippen LogP) is -0.520. The van der Waals surface area contributed by atoms with Crippen LogP contribution in [0.25, 0.3) is 0 Å². The lowest BCUT2D eigenvalue weighted by Gasteiger charge is -2.29. The largest absolute Gasteiger partial charge is 0.394 e. The minimum Gasteiger partial charge on any atom is -0.394 e. The SMILES string of the molecule is CCCC(NC(C)=O)C(=O)N1C[C@@H](F)C[C@H]1CNC(=O)[C@H](CO)NC(=O)C(C)C. The van der Waals surface area contributed by atoms with Crippen molar-refractivity contribution in [1.29, 1.82) is 0 Å². The summed E-state index contributed by atoms with van der Waals surface area (Å²) in [5.41, 5.74) is 0. The van der Waals surface area contributed by atoms with Crippen LogP contribution in [0.4, 0.5) is 4.39 Å². The number of hydrogen-bond acceptors (Lipinski definition) is 5. The van der Waals surface area contributed by atoms with Gasteiger partial charge in [0.1, 0.15) is 18.3 Å². The second-order valence-corrected chi connectivity index (χ2v) is 7.66. The third-order valence-corrected chi connectivity index (χ3v) is 4.75. The van der Waals surface area contributed by atoms with Crippen molar-refractivity contribution in [1.82, 2.24) is 20.9 Å². The molecule has 4 N–H and O–H groups in total. The number of amides is 4. The van der Waals surface area contributed by atoms with Crippen LogP contribution in [0.2, 0.25) is 0 Å². The van der Waals surface area contributed by atoms with Crippen molar-refractivity contribution in [3.05, 3.63) is 0 Å². The number of hydrogen-bond donors (Lipinski definition) is 4. The van der Waals surface area contributed by atoms with Gasteiger partial charge in [0.15, 0.2) is 0 Å². The van der Waals surface area contributed by atoms with E-state index in [9.17, 15) is 28.7 Å². The van der Waals surface area contributed by atoms with E-state index in [0.717, 1.165) is 0 Å². The van der Waals surface area contributed by atoms with Crippen LogP contribution in [0.1, 0.15) is 47.0 Å². The summed E-state index contributed by atoms with van der Waals surface area (Å²) in [5, 5.41) is 17.0. The number of alkyl halides is 1. The molecule has 0 spiro atoms. The van der Waals surface area contributed by atoms with Gasteiger partial charge in [0.05, 0.1) is 19.2 Å². The first-order valence-corrected chi connectivity index (χ1v) is 10.0. The van der Waals surface area contributed by atoms with E-state index in [1.807, 2.05) is 6.92 Å². The van der Waals surface area contributed by atoms with Crippen LogP contribution in [0.3, 0.4) is 0 Å². The standard InChI is InChI=1S/C19H33FN4O5/c1-5-6-15(22-12(4)26)19(29)24-9-13(20)7-14(24)8-21-18(28)16(10-25)23-17(27)11(2)3/h11,13-16,25H,5-10H2,1-4H3,(H,21,28)(H,22,26)(H,23,27)/t13-,14-,15?,16-/m0/s1. The highest BCUT2D eigenvalue weighted by atomic mass is 19.1. The maximum Gasteiger partial charge on any atom is 0.245 e. The Kier molecular flexibility index (Phi) is 10.0. The number of carbonyl (C=O) groups excluding carboxylic acids is 4. The molecule has 0 bridgehead atoms. The Hall–Kier alpha value is -2.23. The third kappa shape index (κ3) is 7.60. The Morgan fingerprint density at radius 1 is 1.14 bits per heavy atom. The Balaban J connectivity index is 2.75. The van der Waals surface area contributed by atoms with Crippen LogP contribution in [-0.4, -0.2) is 77.6 Å². The van der Waals surface area contributed by atoms with Crippen LogP contribution in [-0.2, 0) is 19.2 Å². The summed E-state index contributed by atoms with van der Waals surface area (Å²) in [4.78, 5) is 49.6. The van der Waals surface area contributed by atoms with E-state index < -0.39 is 36.8 Å². The molecular formula is C19H33FN4O5. The van der Waals surface area contributed by atoms with Gasteiger partial charge >= 0.3 is 0 Å². The van der Waals surface area contributed by atoms with Crippen molar-refractivity contribution in [3.63, 3.8) is 0 Å². The second-order valence-electron chi connectivity index (χ2n) is 7.66. The van der Waals surface area contributed by atoms with Crippen LogP contribution < -0.4 is 16.0 Å². The molecular weight excluding hydrogens is 383 g/mol. The van der Waals surface area contributed by atoms with Gasteiger partial charge in [-0.2, -0.15) is 0 Å². The summed E-state index contributed by atoms with van der Waals surface area (Å²) in [7, 11) is 0. The Labute approximate surface area is 170 Å². The normalized spacial score (nSPS) is 20.9. The molecule has 0 aromatic carbocycles. The van der Waals surface area contributed by atoms with Gasteiger partial charge in [-0.15, -0.1) is 0 Å². The van der Waals surface area contributed by atoms with Crippen molar-refractivity contribution < 1.29 is 28.7 Å². The Morgan fingerprint density at radius 3 is 2.31 bits per heavy atom. The maximum absolute atomic E-state index is 14.0. The van der Waals surface area contributed by atoms with Gasteiger partial charge in [-0.25, -0.2) is 4.39 Å². The molecule has 29 heavy (non-hydrogen) atoms. The molecule has 166 valence electrons. The molecule has 1 rings (SSSR count). The number of likely N-dealkylation sites (tertiary alicyclic amines) is 1. The molecule has 4 amide bonds. The smallest absolute Gasteiger partial charge is 0.245 e. The van der Waals surface area contributed by atoms with Crippen molar-refractivity contribution >= 4 is 23.6 Å². The zero-order valence-corrected chi connectivity index (χ0v) is 17.5. The number of carbonyl (C=O) groups is 4. The molecule has 1 heterocycles. The Bertz CT molecular complexity index is 601. The van der Waals surface area contributed by atoms with Gasteiger partial charge in [0, 0.05) is 25.8 Å². The van der Waals surface area contributed by atoms with Crippen LogP contribution in [0, 0.1) is 5.92 Å². The van der Waals surface area contributed by atoms with Crippen molar-refractivity contribution in [3.8, 4) is 0 Å². The molecule has 1 saturated heterocycles. The number of rotatable bonds is 10. The summed E-state index contributed by atoms with van der Waals surface area (Å²) in [6, 6.07) is -2.44. The summed E-state index contributed by atoms with van der Waals surface area (Å²) in [6.45, 7) is 5.81. The van der Waals surface area contributed by atoms with E-state index in [1.54, 1.807) is 13.8 Å². The number of nitrogens with zero attached hydrogens (tertiary/aromatic N) is 1. The van der Waals surface area contributed by atoms with Crippen LogP contribution in [0.5, 0.6) is 0 Å². The fourth-order valence-electron chi connectivity index (χ4n) is 3.19. The van der Waals surface area contributed by atoms with Crippen molar-refractivity contribution in [2.24, 2.45) is 5.92 Å². The van der Waals surface area contributed by atoms with Gasteiger partial charge in [-0.3, -0.25) is 19.2 Å². The summed E-state index contributed by atoms with van der Waals surface area (Å²) in [6.07, 6.45) is -0.0698. The van der Waals surface area contributed by atoms with Crippen molar-refractivity contribution in [2.75, 3.05) is 19.7 Å². The van der Waals surface area contributed by atoms with E-state index in [1.165, 1.54) is 11.8 Å². The number of aliphatic hydroxyl groups excluding tert-OH is 1. The zero-order chi connectivity index (χ0) is 22.1. The topological polar surface area (TPSA) is 128 Å². The monoisotopic (exact) mass is 416 g/mol. The predicted molar refractivity (Wildman–Crippen MR) is 104 cm³/mol. The van der Waals surface area contributed by atoms with Crippen molar-refractivity contribution in [2.45, 2.75) is 71.3 Å². The van der Waals surface area contributed by atoms with E-state index in [4.69, 9.17) is 0 Å². The fraction of sp³-hybridized carbons (Fsp3) is 0.789. The lowest BCUT2D eigenvalue weighted by molar-refractivity contribution is -0.137. The molecule has 0 aromatic heterocycles. The van der Waals surface area contributed by atoms with Gasteiger partial charge in [-0.05, 0) is 6.42 Å². The average molecular weight is 416 g/mol. The Morgan fingerprint density at radius 2 is 1.79 bits per heavy atom. The fourth-order valence-corrected chi connectivity index (χ4v) is 3.19. The molecule has 10 heteroatoms. The highest BCUT2D eigenvalue weighted by Gasteiger charge is 2.38. The molecule has 0 radical (unpaired) electrons. The van der Waals surface area contributed by atoms with Crippen LogP contribution in [0.15, 0.2) is 0 Å². The molecule has 1 aliphatic heterocycles. The molecule has 0 aliphatic carbocycles. The highest BCUT2D eigenvalue weighted by molar-refractivity contribution is 5.89. The molecule has 4 atom stereocenters. The average Bonchev–Trinajstić information content (AvgIpc) is 3.03. The molecule has 1 unspecified atom stereocenters. The molecule has 9 nitrogen and oxygen atoms in total. The first-order valence-electron chi connectivity index (χ1n) is 10.0. The second kappa shape index (κ2) is 11.7. The highest BCUT2D eigenvalue weighted by Crippen LogP contribution is 2.22. The molecule has 1 aliphatic rings.